The van der Waals surface area contributed by atoms with Crippen LogP contribution in [0.3, 0.4) is 0 Å². The molecule has 2 fully saturated rings. The summed E-state index contributed by atoms with van der Waals surface area (Å²) in [5, 5.41) is 3.34. The maximum Gasteiger partial charge on any atom is 0.292 e. The van der Waals surface area contributed by atoms with Gasteiger partial charge in [-0.1, -0.05) is 18.2 Å². The van der Waals surface area contributed by atoms with Gasteiger partial charge in [0.15, 0.2) is 0 Å². The molecule has 1 aromatic heterocycles. The lowest BCUT2D eigenvalue weighted by Crippen LogP contribution is -2.42. The number of ketones is 1. The predicted octanol–water partition coefficient (Wildman–Crippen LogP) is 0.978. The van der Waals surface area contributed by atoms with Crippen LogP contribution in [0.4, 0.5) is 0 Å². The van der Waals surface area contributed by atoms with Crippen molar-refractivity contribution in [1.29, 1.82) is 0 Å². The van der Waals surface area contributed by atoms with Crippen molar-refractivity contribution in [3.8, 4) is 0 Å². The van der Waals surface area contributed by atoms with Crippen LogP contribution in [-0.2, 0) is 25.6 Å². The standard InChI is InChI=1S/C21H25N3O5/c25-19(23-7-10-28-11-8-23)14-24-13-17(16-5-1-2-6-18(16)24)20(26)21(27)22-12-15-4-3-9-29-15/h1-2,5-6,13,15H,3-4,7-12,14H2,(H,22,27)/t15-/m0/s1. The van der Waals surface area contributed by atoms with Crippen molar-refractivity contribution < 1.29 is 23.9 Å². The summed E-state index contributed by atoms with van der Waals surface area (Å²) < 4.78 is 12.5. The van der Waals surface area contributed by atoms with Gasteiger partial charge in [-0.05, 0) is 18.9 Å². The highest BCUT2D eigenvalue weighted by Gasteiger charge is 2.25. The molecule has 0 saturated carbocycles. The van der Waals surface area contributed by atoms with Crippen molar-refractivity contribution in [2.45, 2.75) is 25.5 Å². The van der Waals surface area contributed by atoms with E-state index in [1.807, 2.05) is 18.2 Å². The molecule has 1 atom stereocenters. The van der Waals surface area contributed by atoms with Gasteiger partial charge in [0.25, 0.3) is 11.7 Å². The number of fused-ring (bicyclic) bond motifs is 1. The monoisotopic (exact) mass is 399 g/mol. The second-order valence-electron chi connectivity index (χ2n) is 7.36. The average Bonchev–Trinajstić information content (AvgIpc) is 3.40. The highest BCUT2D eigenvalue weighted by Crippen LogP contribution is 2.22. The smallest absolute Gasteiger partial charge is 0.292 e. The van der Waals surface area contributed by atoms with Crippen LogP contribution < -0.4 is 5.32 Å². The molecule has 8 heteroatoms. The molecule has 2 aliphatic heterocycles. The third kappa shape index (κ3) is 4.33. The number of aromatic nitrogens is 1. The number of carbonyl (C=O) groups is 3. The first-order chi connectivity index (χ1) is 14.1. The summed E-state index contributed by atoms with van der Waals surface area (Å²) >= 11 is 0. The highest BCUT2D eigenvalue weighted by molar-refractivity contribution is 6.45. The number of hydrogen-bond acceptors (Lipinski definition) is 5. The summed E-state index contributed by atoms with van der Waals surface area (Å²) in [6.45, 7) is 3.34. The molecule has 0 spiro atoms. The number of para-hydroxylation sites is 1. The zero-order chi connectivity index (χ0) is 20.2. The molecule has 2 aromatic rings. The summed E-state index contributed by atoms with van der Waals surface area (Å²) in [5.74, 6) is -1.28. The Morgan fingerprint density at radius 1 is 1.10 bits per heavy atom. The molecule has 1 aromatic carbocycles. The minimum atomic E-state index is -0.650. The van der Waals surface area contributed by atoms with E-state index in [4.69, 9.17) is 9.47 Å². The van der Waals surface area contributed by atoms with Crippen LogP contribution in [0, 0.1) is 0 Å². The Bertz CT molecular complexity index is 910. The summed E-state index contributed by atoms with van der Waals surface area (Å²) in [5.41, 5.74) is 1.06. The molecule has 2 amide bonds. The number of amides is 2. The van der Waals surface area contributed by atoms with Gasteiger partial charge in [-0.3, -0.25) is 14.4 Å². The van der Waals surface area contributed by atoms with E-state index in [0.29, 0.717) is 50.4 Å². The average molecular weight is 399 g/mol. The third-order valence-corrected chi connectivity index (χ3v) is 5.42. The van der Waals surface area contributed by atoms with E-state index in [-0.39, 0.29) is 18.6 Å². The first-order valence-electron chi connectivity index (χ1n) is 10.0. The molecule has 4 rings (SSSR count). The summed E-state index contributed by atoms with van der Waals surface area (Å²) in [6.07, 6.45) is 3.44. The molecule has 29 heavy (non-hydrogen) atoms. The van der Waals surface area contributed by atoms with E-state index < -0.39 is 11.7 Å². The fourth-order valence-corrected chi connectivity index (χ4v) is 3.83. The highest BCUT2D eigenvalue weighted by atomic mass is 16.5. The lowest BCUT2D eigenvalue weighted by Gasteiger charge is -2.27. The Labute approximate surface area is 168 Å². The van der Waals surface area contributed by atoms with Gasteiger partial charge in [-0.15, -0.1) is 0 Å². The molecule has 2 saturated heterocycles. The minimum absolute atomic E-state index is 0.0285. The molecule has 0 aliphatic carbocycles. The fourth-order valence-electron chi connectivity index (χ4n) is 3.83. The van der Waals surface area contributed by atoms with E-state index in [2.05, 4.69) is 5.32 Å². The van der Waals surface area contributed by atoms with Gasteiger partial charge >= 0.3 is 0 Å². The number of ether oxygens (including phenoxy) is 2. The molecule has 154 valence electrons. The number of hydrogen-bond donors (Lipinski definition) is 1. The van der Waals surface area contributed by atoms with E-state index in [0.717, 1.165) is 18.4 Å². The van der Waals surface area contributed by atoms with Crippen LogP contribution in [0.5, 0.6) is 0 Å². The van der Waals surface area contributed by atoms with Crippen LogP contribution in [0.15, 0.2) is 30.5 Å². The lowest BCUT2D eigenvalue weighted by atomic mass is 10.1. The summed E-state index contributed by atoms with van der Waals surface area (Å²) in [7, 11) is 0. The Hall–Kier alpha value is -2.71. The first kappa shape index (κ1) is 19.6. The molecule has 0 radical (unpaired) electrons. The number of morpholine rings is 1. The van der Waals surface area contributed by atoms with Crippen molar-refractivity contribution in [3.05, 3.63) is 36.0 Å². The Kier molecular flexibility index (Phi) is 5.92. The van der Waals surface area contributed by atoms with Crippen molar-refractivity contribution in [2.24, 2.45) is 0 Å². The lowest BCUT2D eigenvalue weighted by molar-refractivity contribution is -0.135. The van der Waals surface area contributed by atoms with Crippen LogP contribution in [0.2, 0.25) is 0 Å². The van der Waals surface area contributed by atoms with Crippen LogP contribution >= 0.6 is 0 Å². The SMILES string of the molecule is O=C(NC[C@@H]1CCCO1)C(=O)c1cn(CC(=O)N2CCOCC2)c2ccccc12. The van der Waals surface area contributed by atoms with Gasteiger partial charge in [0.1, 0.15) is 6.54 Å². The molecular weight excluding hydrogens is 374 g/mol. The van der Waals surface area contributed by atoms with Gasteiger partial charge in [0.05, 0.1) is 24.9 Å². The fraction of sp³-hybridized carbons (Fsp3) is 0.476. The van der Waals surface area contributed by atoms with E-state index in [1.54, 1.807) is 21.7 Å². The van der Waals surface area contributed by atoms with E-state index in [9.17, 15) is 14.4 Å². The number of Topliss-reactive ketones (excluding diaryl/α,β-unsaturated/α-hetero) is 1. The second kappa shape index (κ2) is 8.75. The number of carbonyl (C=O) groups excluding carboxylic acids is 3. The predicted molar refractivity (Wildman–Crippen MR) is 106 cm³/mol. The topological polar surface area (TPSA) is 89.9 Å². The third-order valence-electron chi connectivity index (χ3n) is 5.42. The maximum atomic E-state index is 12.8. The van der Waals surface area contributed by atoms with Crippen molar-refractivity contribution in [3.63, 3.8) is 0 Å². The number of nitrogens with one attached hydrogen (secondary N) is 1. The molecule has 0 bridgehead atoms. The Balaban J connectivity index is 1.51. The van der Waals surface area contributed by atoms with E-state index >= 15 is 0 Å². The first-order valence-corrected chi connectivity index (χ1v) is 10.0. The molecular formula is C21H25N3O5. The summed E-state index contributed by atoms with van der Waals surface area (Å²) in [4.78, 5) is 39.6. The zero-order valence-corrected chi connectivity index (χ0v) is 16.3. The molecule has 2 aliphatic rings. The van der Waals surface area contributed by atoms with Gasteiger partial charge in [-0.25, -0.2) is 0 Å². The number of nitrogens with zero attached hydrogens (tertiary/aromatic N) is 2. The van der Waals surface area contributed by atoms with Crippen LogP contribution in [-0.4, -0.2) is 72.6 Å². The molecule has 0 unspecified atom stereocenters. The quantitative estimate of drug-likeness (QED) is 0.578. The molecule has 3 heterocycles. The van der Waals surface area contributed by atoms with Crippen molar-refractivity contribution in [2.75, 3.05) is 39.5 Å². The van der Waals surface area contributed by atoms with Gasteiger partial charge in [0, 0.05) is 43.3 Å². The second-order valence-corrected chi connectivity index (χ2v) is 7.36. The van der Waals surface area contributed by atoms with Gasteiger partial charge < -0.3 is 24.3 Å². The normalized spacial score (nSPS) is 19.4. The van der Waals surface area contributed by atoms with Crippen molar-refractivity contribution in [1.82, 2.24) is 14.8 Å². The minimum Gasteiger partial charge on any atom is -0.378 e. The summed E-state index contributed by atoms with van der Waals surface area (Å²) in [6, 6.07) is 7.32. The number of benzene rings is 1. The van der Waals surface area contributed by atoms with E-state index in [1.165, 1.54) is 0 Å². The Morgan fingerprint density at radius 2 is 1.90 bits per heavy atom. The van der Waals surface area contributed by atoms with Crippen LogP contribution in [0.1, 0.15) is 23.2 Å². The van der Waals surface area contributed by atoms with Gasteiger partial charge in [0.2, 0.25) is 5.91 Å². The van der Waals surface area contributed by atoms with Crippen molar-refractivity contribution >= 4 is 28.5 Å². The molecule has 8 nitrogen and oxygen atoms in total. The largest absolute Gasteiger partial charge is 0.378 e. The van der Waals surface area contributed by atoms with Crippen LogP contribution in [0.25, 0.3) is 10.9 Å². The maximum absolute atomic E-state index is 12.8. The molecule has 1 N–H and O–H groups in total. The zero-order valence-electron chi connectivity index (χ0n) is 16.3. The Morgan fingerprint density at radius 3 is 2.66 bits per heavy atom. The number of rotatable bonds is 6. The van der Waals surface area contributed by atoms with Gasteiger partial charge in [-0.2, -0.15) is 0 Å².